The van der Waals surface area contributed by atoms with E-state index in [0.29, 0.717) is 0 Å². The molecule has 0 spiro atoms. The van der Waals surface area contributed by atoms with E-state index in [9.17, 15) is 0 Å². The van der Waals surface area contributed by atoms with Gasteiger partial charge >= 0.3 is 0 Å². The molecule has 16 heavy (non-hydrogen) atoms. The zero-order valence-corrected chi connectivity index (χ0v) is 10.9. The Bertz CT molecular complexity index is 323. The zero-order chi connectivity index (χ0) is 12.0. The molecule has 0 amide bonds. The third kappa shape index (κ3) is 3.49. The summed E-state index contributed by atoms with van der Waals surface area (Å²) >= 11 is 0. The second-order valence-corrected chi connectivity index (χ2v) is 4.08. The summed E-state index contributed by atoms with van der Waals surface area (Å²) in [6.45, 7) is 9.43. The summed E-state index contributed by atoms with van der Waals surface area (Å²) in [5, 5.41) is 3.18. The molecule has 0 unspecified atom stereocenters. The standard InChI is InChI=1S/C13H23N3/c1-5-7-16(6-2)13-9-12(10-14-4)8-11(3)15-13/h8-9,14H,5-7,10H2,1-4H3. The van der Waals surface area contributed by atoms with Gasteiger partial charge in [0, 0.05) is 25.3 Å². The summed E-state index contributed by atoms with van der Waals surface area (Å²) < 4.78 is 0. The minimum Gasteiger partial charge on any atom is -0.357 e. The average molecular weight is 221 g/mol. The van der Waals surface area contributed by atoms with Crippen molar-refractivity contribution in [2.24, 2.45) is 0 Å². The van der Waals surface area contributed by atoms with Gasteiger partial charge in [-0.3, -0.25) is 0 Å². The molecule has 0 fully saturated rings. The van der Waals surface area contributed by atoms with E-state index in [4.69, 9.17) is 0 Å². The fourth-order valence-corrected chi connectivity index (χ4v) is 1.89. The van der Waals surface area contributed by atoms with Crippen LogP contribution in [0.5, 0.6) is 0 Å². The first-order valence-electron chi connectivity index (χ1n) is 6.08. The van der Waals surface area contributed by atoms with Crippen LogP contribution in [0.15, 0.2) is 12.1 Å². The van der Waals surface area contributed by atoms with Gasteiger partial charge in [0.2, 0.25) is 0 Å². The molecular formula is C13H23N3. The van der Waals surface area contributed by atoms with Crippen molar-refractivity contribution < 1.29 is 0 Å². The third-order valence-corrected chi connectivity index (χ3v) is 2.58. The summed E-state index contributed by atoms with van der Waals surface area (Å²) in [6.07, 6.45) is 1.16. The van der Waals surface area contributed by atoms with Gasteiger partial charge in [-0.05, 0) is 45.0 Å². The summed E-state index contributed by atoms with van der Waals surface area (Å²) in [7, 11) is 1.97. The normalized spacial score (nSPS) is 10.5. The molecule has 0 aliphatic heterocycles. The number of rotatable bonds is 6. The molecule has 1 rings (SSSR count). The average Bonchev–Trinajstić information content (AvgIpc) is 2.25. The van der Waals surface area contributed by atoms with Crippen LogP contribution < -0.4 is 10.2 Å². The van der Waals surface area contributed by atoms with Crippen LogP contribution in [-0.2, 0) is 6.54 Å². The molecular weight excluding hydrogens is 198 g/mol. The Morgan fingerprint density at radius 1 is 1.31 bits per heavy atom. The molecule has 1 aromatic rings. The van der Waals surface area contributed by atoms with Crippen molar-refractivity contribution in [3.05, 3.63) is 23.4 Å². The molecule has 0 saturated carbocycles. The van der Waals surface area contributed by atoms with Gasteiger partial charge in [0.25, 0.3) is 0 Å². The highest BCUT2D eigenvalue weighted by Gasteiger charge is 2.06. The second-order valence-electron chi connectivity index (χ2n) is 4.08. The van der Waals surface area contributed by atoms with Gasteiger partial charge in [0.15, 0.2) is 0 Å². The monoisotopic (exact) mass is 221 g/mol. The molecule has 1 N–H and O–H groups in total. The third-order valence-electron chi connectivity index (χ3n) is 2.58. The SMILES string of the molecule is CCCN(CC)c1cc(CNC)cc(C)n1. The molecule has 0 aliphatic carbocycles. The Kier molecular flexibility index (Phi) is 5.26. The lowest BCUT2D eigenvalue weighted by Crippen LogP contribution is -2.25. The van der Waals surface area contributed by atoms with Gasteiger partial charge in [-0.2, -0.15) is 0 Å². The number of aromatic nitrogens is 1. The van der Waals surface area contributed by atoms with Gasteiger partial charge in [-0.15, -0.1) is 0 Å². The number of nitrogens with zero attached hydrogens (tertiary/aromatic N) is 2. The molecule has 3 heteroatoms. The summed E-state index contributed by atoms with van der Waals surface area (Å²) in [4.78, 5) is 6.93. The summed E-state index contributed by atoms with van der Waals surface area (Å²) in [6, 6.07) is 4.32. The van der Waals surface area contributed by atoms with E-state index in [-0.39, 0.29) is 0 Å². The molecule has 0 radical (unpaired) electrons. The molecule has 90 valence electrons. The summed E-state index contributed by atoms with van der Waals surface area (Å²) in [5.74, 6) is 1.11. The first kappa shape index (κ1) is 13.0. The van der Waals surface area contributed by atoms with Crippen molar-refractivity contribution in [3.8, 4) is 0 Å². The van der Waals surface area contributed by atoms with Crippen LogP contribution in [-0.4, -0.2) is 25.1 Å². The number of hydrogen-bond donors (Lipinski definition) is 1. The van der Waals surface area contributed by atoms with E-state index in [0.717, 1.165) is 37.6 Å². The van der Waals surface area contributed by atoms with Crippen LogP contribution in [0.1, 0.15) is 31.5 Å². The quantitative estimate of drug-likeness (QED) is 0.799. The number of hydrogen-bond acceptors (Lipinski definition) is 3. The maximum absolute atomic E-state index is 4.60. The predicted octanol–water partition coefficient (Wildman–Crippen LogP) is 2.35. The van der Waals surface area contributed by atoms with Crippen molar-refractivity contribution in [2.75, 3.05) is 25.0 Å². The van der Waals surface area contributed by atoms with Crippen molar-refractivity contribution in [3.63, 3.8) is 0 Å². The van der Waals surface area contributed by atoms with E-state index in [1.807, 2.05) is 7.05 Å². The van der Waals surface area contributed by atoms with E-state index in [2.05, 4.69) is 48.1 Å². The van der Waals surface area contributed by atoms with Crippen molar-refractivity contribution in [1.82, 2.24) is 10.3 Å². The first-order chi connectivity index (χ1) is 7.71. The molecule has 0 aromatic carbocycles. The minimum absolute atomic E-state index is 0.903. The number of pyridine rings is 1. The molecule has 0 aliphatic rings. The van der Waals surface area contributed by atoms with Crippen LogP contribution >= 0.6 is 0 Å². The van der Waals surface area contributed by atoms with Gasteiger partial charge < -0.3 is 10.2 Å². The van der Waals surface area contributed by atoms with E-state index < -0.39 is 0 Å². The zero-order valence-electron chi connectivity index (χ0n) is 10.9. The molecule has 3 nitrogen and oxygen atoms in total. The number of anilines is 1. The lowest BCUT2D eigenvalue weighted by Gasteiger charge is -2.22. The second kappa shape index (κ2) is 6.48. The van der Waals surface area contributed by atoms with Crippen LogP contribution in [0, 0.1) is 6.92 Å². The largest absolute Gasteiger partial charge is 0.357 e. The van der Waals surface area contributed by atoms with Crippen LogP contribution in [0.2, 0.25) is 0 Å². The van der Waals surface area contributed by atoms with Crippen LogP contribution in [0.4, 0.5) is 5.82 Å². The molecule has 1 aromatic heterocycles. The fourth-order valence-electron chi connectivity index (χ4n) is 1.89. The molecule has 1 heterocycles. The van der Waals surface area contributed by atoms with Crippen molar-refractivity contribution in [1.29, 1.82) is 0 Å². The highest BCUT2D eigenvalue weighted by Crippen LogP contribution is 2.15. The van der Waals surface area contributed by atoms with Crippen LogP contribution in [0.3, 0.4) is 0 Å². The maximum Gasteiger partial charge on any atom is 0.129 e. The Morgan fingerprint density at radius 2 is 2.06 bits per heavy atom. The molecule has 0 atom stereocenters. The van der Waals surface area contributed by atoms with Gasteiger partial charge in [0.1, 0.15) is 5.82 Å². The van der Waals surface area contributed by atoms with Gasteiger partial charge in [-0.1, -0.05) is 6.92 Å². The summed E-state index contributed by atoms with van der Waals surface area (Å²) in [5.41, 5.74) is 2.40. The molecule has 0 saturated heterocycles. The van der Waals surface area contributed by atoms with E-state index in [1.54, 1.807) is 0 Å². The highest BCUT2D eigenvalue weighted by molar-refractivity contribution is 5.42. The van der Waals surface area contributed by atoms with Crippen molar-refractivity contribution in [2.45, 2.75) is 33.7 Å². The Hall–Kier alpha value is -1.09. The van der Waals surface area contributed by atoms with Gasteiger partial charge in [-0.25, -0.2) is 4.98 Å². The Balaban J connectivity index is 2.92. The lowest BCUT2D eigenvalue weighted by atomic mass is 10.2. The number of nitrogens with one attached hydrogen (secondary N) is 1. The Morgan fingerprint density at radius 3 is 2.62 bits per heavy atom. The number of aryl methyl sites for hydroxylation is 1. The topological polar surface area (TPSA) is 28.2 Å². The first-order valence-corrected chi connectivity index (χ1v) is 6.08. The fraction of sp³-hybridized carbons (Fsp3) is 0.615. The minimum atomic E-state index is 0.903. The smallest absolute Gasteiger partial charge is 0.129 e. The van der Waals surface area contributed by atoms with E-state index in [1.165, 1.54) is 5.56 Å². The predicted molar refractivity (Wildman–Crippen MR) is 69.9 cm³/mol. The van der Waals surface area contributed by atoms with Crippen LogP contribution in [0.25, 0.3) is 0 Å². The molecule has 0 bridgehead atoms. The Labute approximate surface area is 98.9 Å². The van der Waals surface area contributed by atoms with Crippen molar-refractivity contribution >= 4 is 5.82 Å². The highest BCUT2D eigenvalue weighted by atomic mass is 15.2. The maximum atomic E-state index is 4.60. The lowest BCUT2D eigenvalue weighted by molar-refractivity contribution is 0.768. The van der Waals surface area contributed by atoms with Gasteiger partial charge in [0.05, 0.1) is 0 Å². The van der Waals surface area contributed by atoms with E-state index >= 15 is 0 Å².